The fourth-order valence-electron chi connectivity index (χ4n) is 1.10. The van der Waals surface area contributed by atoms with Crippen molar-refractivity contribution in [3.8, 4) is 12.1 Å². The fraction of sp³-hybridized carbons (Fsp3) is 0.308. The van der Waals surface area contributed by atoms with Gasteiger partial charge in [0.15, 0.2) is 0 Å². The molecule has 0 fully saturated rings. The molecule has 0 heterocycles. The van der Waals surface area contributed by atoms with E-state index in [1.165, 1.54) is 0 Å². The molecule has 0 bridgehead atoms. The van der Waals surface area contributed by atoms with Crippen molar-refractivity contribution in [1.29, 1.82) is 10.5 Å². The number of hydrogen-bond donors (Lipinski definition) is 0. The number of rotatable bonds is 0. The average Bonchev–Trinajstić information content (AvgIpc) is 2.24. The van der Waals surface area contributed by atoms with Crippen molar-refractivity contribution in [2.24, 2.45) is 0 Å². The molecule has 1 rings (SSSR count). The van der Waals surface area contributed by atoms with Gasteiger partial charge in [0.25, 0.3) is 0 Å². The van der Waals surface area contributed by atoms with Crippen LogP contribution in [-0.2, 0) is 0 Å². The number of nitrogens with zero attached hydrogens (tertiary/aromatic N) is 2. The van der Waals surface area contributed by atoms with Crippen LogP contribution in [0.25, 0.3) is 0 Å². The molecule has 0 N–H and O–H groups in total. The predicted molar refractivity (Wildman–Crippen MR) is 63.1 cm³/mol. The van der Waals surface area contributed by atoms with Gasteiger partial charge in [-0.15, -0.1) is 0 Å². The first-order valence-electron chi connectivity index (χ1n) is 4.61. The minimum absolute atomic E-state index is 0. The largest absolute Gasteiger partial charge is 0.358 e. The first-order chi connectivity index (χ1) is 6.70. The summed E-state index contributed by atoms with van der Waals surface area (Å²) in [7, 11) is 0. The first kappa shape index (κ1) is 18.9. The predicted octanol–water partition coefficient (Wildman–Crippen LogP) is 3.52. The van der Waals surface area contributed by atoms with Crippen LogP contribution in [0.2, 0.25) is 0 Å². The van der Waals surface area contributed by atoms with Crippen molar-refractivity contribution < 1.29 is 0 Å². The van der Waals surface area contributed by atoms with E-state index < -0.39 is 0 Å². The van der Waals surface area contributed by atoms with E-state index in [4.69, 9.17) is 10.5 Å². The fourth-order valence-corrected chi connectivity index (χ4v) is 1.10. The Morgan fingerprint density at radius 1 is 0.875 bits per heavy atom. The summed E-state index contributed by atoms with van der Waals surface area (Å²) in [5, 5.41) is 17.5. The maximum Gasteiger partial charge on any atom is 0.101 e. The standard InChI is InChI=1S/C10H8N2.C2H6.CH3.Fm/c1-7-3-4-8(2)10(6-12)9(7)5-11;1-2;;/h3-4H,1-2H3;1-2H3;1H3;/q;;-1;. The van der Waals surface area contributed by atoms with E-state index in [-0.39, 0.29) is 7.43 Å². The van der Waals surface area contributed by atoms with Crippen molar-refractivity contribution in [3.05, 3.63) is 41.8 Å². The molecule has 0 radical (unpaired) electrons. The summed E-state index contributed by atoms with van der Waals surface area (Å²) < 4.78 is 0. The van der Waals surface area contributed by atoms with Crippen LogP contribution in [0.3, 0.4) is 0 Å². The second kappa shape index (κ2) is 8.78. The van der Waals surface area contributed by atoms with E-state index in [1.54, 1.807) is 0 Å². The molecule has 16 heavy (non-hydrogen) atoms. The van der Waals surface area contributed by atoms with E-state index in [9.17, 15) is 0 Å². The van der Waals surface area contributed by atoms with Crippen molar-refractivity contribution in [2.45, 2.75) is 27.7 Å². The van der Waals surface area contributed by atoms with Gasteiger partial charge in [0.2, 0.25) is 0 Å². The van der Waals surface area contributed by atoms with Crippen molar-refractivity contribution in [2.75, 3.05) is 0 Å². The van der Waals surface area contributed by atoms with Crippen molar-refractivity contribution in [3.63, 3.8) is 0 Å². The van der Waals surface area contributed by atoms with E-state index in [0.29, 0.717) is 11.1 Å². The van der Waals surface area contributed by atoms with E-state index >= 15 is 0 Å². The normalized spacial score (nSPS) is 6.88. The summed E-state index contributed by atoms with van der Waals surface area (Å²) >= 11 is 0. The molecule has 1 aromatic rings. The number of hydrogen-bond acceptors (Lipinski definition) is 2. The molecule has 0 spiro atoms. The molecule has 0 saturated heterocycles. The minimum atomic E-state index is 0. The van der Waals surface area contributed by atoms with Crippen LogP contribution in [0.5, 0.6) is 0 Å². The molecule has 1 aromatic carbocycles. The molecule has 0 aliphatic rings. The molecule has 0 saturated carbocycles. The molecule has 92 valence electrons. The first-order valence-corrected chi connectivity index (χ1v) is 4.61. The molecular weight excluding hydrogens is 441 g/mol. The smallest absolute Gasteiger partial charge is 0.101 e. The van der Waals surface area contributed by atoms with Crippen molar-refractivity contribution in [1.82, 2.24) is 0 Å². The van der Waals surface area contributed by atoms with Crippen LogP contribution < -0.4 is 0 Å². The Hall–Kier alpha value is -2.80. The quantitative estimate of drug-likeness (QED) is 0.559. The third-order valence-electron chi connectivity index (χ3n) is 1.85. The van der Waals surface area contributed by atoms with Gasteiger partial charge in [0.1, 0.15) is 12.1 Å². The summed E-state index contributed by atoms with van der Waals surface area (Å²) in [6.07, 6.45) is 0. The molecule has 0 aliphatic carbocycles. The Bertz CT molecular complexity index is 359. The topological polar surface area (TPSA) is 47.6 Å². The summed E-state index contributed by atoms with van der Waals surface area (Å²) in [6, 6.07) is 7.78. The molecule has 0 amide bonds. The van der Waals surface area contributed by atoms with Crippen LogP contribution >= 0.6 is 0 Å². The second-order valence-electron chi connectivity index (χ2n) is 2.67. The Morgan fingerprint density at radius 3 is 1.31 bits per heavy atom. The summed E-state index contributed by atoms with van der Waals surface area (Å²) in [6.45, 7) is 7.66. The number of benzene rings is 1. The van der Waals surface area contributed by atoms with Gasteiger partial charge in [-0.3, -0.25) is 0 Å². The molecule has 2 nitrogen and oxygen atoms in total. The van der Waals surface area contributed by atoms with Gasteiger partial charge >= 0.3 is 0 Å². The molecular formula is C13H17FmN2-. The van der Waals surface area contributed by atoms with E-state index in [1.807, 2.05) is 52.0 Å². The van der Waals surface area contributed by atoms with Crippen LogP contribution in [0.1, 0.15) is 36.1 Å². The van der Waals surface area contributed by atoms with Crippen LogP contribution in [0.4, 0.5) is 0 Å². The van der Waals surface area contributed by atoms with Gasteiger partial charge < -0.3 is 7.43 Å². The zero-order valence-corrected chi connectivity index (χ0v) is 12.7. The third-order valence-corrected chi connectivity index (χ3v) is 1.85. The summed E-state index contributed by atoms with van der Waals surface area (Å²) in [4.78, 5) is 0. The maximum absolute atomic E-state index is 8.75. The zero-order chi connectivity index (χ0) is 11.1. The second-order valence-corrected chi connectivity index (χ2v) is 2.67. The molecule has 3 heteroatoms. The van der Waals surface area contributed by atoms with Gasteiger partial charge in [-0.25, -0.2) is 0 Å². The Morgan fingerprint density at radius 2 is 1.12 bits per heavy atom. The van der Waals surface area contributed by atoms with Gasteiger partial charge in [-0.05, 0) is 25.0 Å². The van der Waals surface area contributed by atoms with Crippen LogP contribution in [0, 0.1) is 43.9 Å². The van der Waals surface area contributed by atoms with E-state index in [2.05, 4.69) is 0 Å². The molecule has 0 unspecified atom stereocenters. The maximum atomic E-state index is 8.75. The third kappa shape index (κ3) is 3.52. The van der Waals surface area contributed by atoms with E-state index in [0.717, 1.165) is 11.1 Å². The van der Waals surface area contributed by atoms with Crippen LogP contribution in [0.15, 0.2) is 12.1 Å². The number of aryl methyl sites for hydroxylation is 2. The summed E-state index contributed by atoms with van der Waals surface area (Å²) in [5.41, 5.74) is 2.72. The molecule has 0 aliphatic heterocycles. The Labute approximate surface area is 92.8 Å². The van der Waals surface area contributed by atoms with Gasteiger partial charge in [-0.2, -0.15) is 10.5 Å². The van der Waals surface area contributed by atoms with Gasteiger partial charge in [-0.1, -0.05) is 26.0 Å². The Balaban J connectivity index is -0.000000399. The monoisotopic (exact) mass is 458 g/mol. The zero-order valence-electron chi connectivity index (χ0n) is 10.3. The molecule has 0 atom stereocenters. The van der Waals surface area contributed by atoms with Crippen LogP contribution in [-0.4, -0.2) is 0 Å². The van der Waals surface area contributed by atoms with Crippen molar-refractivity contribution >= 4 is 0 Å². The van der Waals surface area contributed by atoms with Gasteiger partial charge in [0.05, 0.1) is 11.1 Å². The van der Waals surface area contributed by atoms with Gasteiger partial charge in [0, 0.05) is 0 Å². The SMILES string of the molecule is CC.Cc1ccc(C)c(C#N)c1C#N.[CH3-].[Fm]. The number of nitriles is 2. The minimum Gasteiger partial charge on any atom is -0.358 e. The summed E-state index contributed by atoms with van der Waals surface area (Å²) in [5.74, 6) is 0. The average molecular weight is 458 g/mol. The molecule has 0 aromatic heterocycles. The Kier molecular flexibility index (Phi) is 10.4.